The van der Waals surface area contributed by atoms with E-state index < -0.39 is 48.5 Å². The van der Waals surface area contributed by atoms with Crippen LogP contribution < -0.4 is 5.32 Å². The van der Waals surface area contributed by atoms with Gasteiger partial charge < -0.3 is 10.2 Å². The predicted molar refractivity (Wildman–Crippen MR) is 122 cm³/mol. The first-order chi connectivity index (χ1) is 16.8. The SMILES string of the molecule is Cc1ccc(-c2cnn(C)c2)c(C(=O)N2CC(F)(F)CC(C)C2CNc2ccc(C(F)(F)F)cn2)n1. The summed E-state index contributed by atoms with van der Waals surface area (Å²) in [5.74, 6) is -4.22. The number of aryl methyl sites for hydroxylation is 2. The Balaban J connectivity index is 1.63. The second-order valence-electron chi connectivity index (χ2n) is 9.10. The van der Waals surface area contributed by atoms with Crippen LogP contribution in [0, 0.1) is 12.8 Å². The van der Waals surface area contributed by atoms with Gasteiger partial charge in [-0.25, -0.2) is 18.7 Å². The van der Waals surface area contributed by atoms with Gasteiger partial charge in [0.25, 0.3) is 11.8 Å². The van der Waals surface area contributed by atoms with E-state index in [1.165, 1.54) is 6.07 Å². The summed E-state index contributed by atoms with van der Waals surface area (Å²) in [6, 6.07) is 4.80. The van der Waals surface area contributed by atoms with E-state index in [-0.39, 0.29) is 18.1 Å². The molecule has 0 radical (unpaired) electrons. The van der Waals surface area contributed by atoms with Crippen molar-refractivity contribution in [3.8, 4) is 11.1 Å². The van der Waals surface area contributed by atoms with Crippen LogP contribution in [0.4, 0.5) is 27.8 Å². The molecule has 36 heavy (non-hydrogen) atoms. The van der Waals surface area contributed by atoms with Crippen molar-refractivity contribution in [2.24, 2.45) is 13.0 Å². The molecule has 12 heteroatoms. The summed E-state index contributed by atoms with van der Waals surface area (Å²) in [5, 5.41) is 7.02. The number of piperidine rings is 1. The van der Waals surface area contributed by atoms with Gasteiger partial charge >= 0.3 is 6.18 Å². The molecule has 3 aromatic rings. The fourth-order valence-electron chi connectivity index (χ4n) is 4.40. The van der Waals surface area contributed by atoms with Crippen molar-refractivity contribution >= 4 is 11.7 Å². The van der Waals surface area contributed by atoms with Crippen LogP contribution in [0.1, 0.15) is 35.1 Å². The average Bonchev–Trinajstić information content (AvgIpc) is 3.22. The van der Waals surface area contributed by atoms with Gasteiger partial charge in [0.2, 0.25) is 0 Å². The summed E-state index contributed by atoms with van der Waals surface area (Å²) < 4.78 is 69.2. The number of halogens is 5. The third kappa shape index (κ3) is 5.47. The Kier molecular flexibility index (Phi) is 6.72. The molecule has 2 unspecified atom stereocenters. The van der Waals surface area contributed by atoms with E-state index in [1.54, 1.807) is 50.1 Å². The first kappa shape index (κ1) is 25.5. The molecule has 0 saturated carbocycles. The maximum Gasteiger partial charge on any atom is 0.417 e. The second kappa shape index (κ2) is 9.47. The molecule has 2 atom stereocenters. The summed E-state index contributed by atoms with van der Waals surface area (Å²) in [6.07, 6.45) is -0.996. The number of hydrogen-bond acceptors (Lipinski definition) is 5. The van der Waals surface area contributed by atoms with Gasteiger partial charge in [-0.3, -0.25) is 9.48 Å². The molecule has 3 aromatic heterocycles. The van der Waals surface area contributed by atoms with Gasteiger partial charge in [0.05, 0.1) is 24.3 Å². The van der Waals surface area contributed by atoms with E-state index in [9.17, 15) is 26.7 Å². The topological polar surface area (TPSA) is 75.9 Å². The van der Waals surface area contributed by atoms with Crippen LogP contribution in [0.2, 0.25) is 0 Å². The highest BCUT2D eigenvalue weighted by Gasteiger charge is 2.46. The minimum absolute atomic E-state index is 0.0232. The van der Waals surface area contributed by atoms with Crippen molar-refractivity contribution < 1.29 is 26.7 Å². The van der Waals surface area contributed by atoms with E-state index in [4.69, 9.17) is 0 Å². The number of anilines is 1. The first-order valence-electron chi connectivity index (χ1n) is 11.3. The molecule has 1 aliphatic rings. The third-order valence-corrected chi connectivity index (χ3v) is 6.18. The maximum atomic E-state index is 14.6. The van der Waals surface area contributed by atoms with Gasteiger partial charge in [0, 0.05) is 49.2 Å². The summed E-state index contributed by atoms with van der Waals surface area (Å²) in [4.78, 5) is 23.0. The van der Waals surface area contributed by atoms with E-state index in [0.717, 1.165) is 11.0 Å². The van der Waals surface area contributed by atoms with Crippen LogP contribution in [-0.2, 0) is 13.2 Å². The number of nitrogens with one attached hydrogen (secondary N) is 1. The highest BCUT2D eigenvalue weighted by Crippen LogP contribution is 2.36. The van der Waals surface area contributed by atoms with E-state index in [0.29, 0.717) is 23.0 Å². The number of rotatable bonds is 5. The Morgan fingerprint density at radius 1 is 1.19 bits per heavy atom. The quantitative estimate of drug-likeness (QED) is 0.501. The number of pyridine rings is 2. The molecule has 1 amide bonds. The monoisotopic (exact) mass is 508 g/mol. The minimum Gasteiger partial charge on any atom is -0.368 e. The van der Waals surface area contributed by atoms with Gasteiger partial charge in [-0.05, 0) is 31.0 Å². The molecule has 1 N–H and O–H groups in total. The van der Waals surface area contributed by atoms with Crippen LogP contribution in [-0.4, -0.2) is 55.6 Å². The number of hydrogen-bond donors (Lipinski definition) is 1. The van der Waals surface area contributed by atoms with Crippen molar-refractivity contribution in [1.29, 1.82) is 0 Å². The number of amides is 1. The third-order valence-electron chi connectivity index (χ3n) is 6.18. The highest BCUT2D eigenvalue weighted by molar-refractivity contribution is 5.99. The zero-order valence-corrected chi connectivity index (χ0v) is 19.9. The van der Waals surface area contributed by atoms with Gasteiger partial charge in [-0.2, -0.15) is 18.3 Å². The molecule has 7 nitrogen and oxygen atoms in total. The zero-order valence-electron chi connectivity index (χ0n) is 19.9. The lowest BCUT2D eigenvalue weighted by atomic mass is 9.87. The summed E-state index contributed by atoms with van der Waals surface area (Å²) in [5.41, 5.74) is 0.770. The van der Waals surface area contributed by atoms with Crippen LogP contribution in [0.25, 0.3) is 11.1 Å². The Bertz CT molecular complexity index is 1240. The van der Waals surface area contributed by atoms with Gasteiger partial charge in [-0.15, -0.1) is 0 Å². The number of carbonyl (C=O) groups excluding carboxylic acids is 1. The number of carbonyl (C=O) groups is 1. The Morgan fingerprint density at radius 3 is 2.56 bits per heavy atom. The molecule has 0 bridgehead atoms. The average molecular weight is 508 g/mol. The number of likely N-dealkylation sites (tertiary alicyclic amines) is 1. The normalized spacial score (nSPS) is 19.8. The Hall–Kier alpha value is -3.57. The largest absolute Gasteiger partial charge is 0.417 e. The van der Waals surface area contributed by atoms with Gasteiger partial charge in [-0.1, -0.05) is 13.0 Å². The van der Waals surface area contributed by atoms with Crippen molar-refractivity contribution in [2.75, 3.05) is 18.4 Å². The molecule has 1 saturated heterocycles. The van der Waals surface area contributed by atoms with Crippen LogP contribution in [0.3, 0.4) is 0 Å². The van der Waals surface area contributed by atoms with E-state index >= 15 is 0 Å². The molecule has 0 spiro atoms. The fraction of sp³-hybridized carbons (Fsp3) is 0.417. The van der Waals surface area contributed by atoms with Crippen LogP contribution >= 0.6 is 0 Å². The molecule has 1 fully saturated rings. The molecule has 0 aromatic carbocycles. The smallest absolute Gasteiger partial charge is 0.368 e. The molecule has 0 aliphatic carbocycles. The predicted octanol–water partition coefficient (Wildman–Crippen LogP) is 4.80. The van der Waals surface area contributed by atoms with Crippen LogP contribution in [0.5, 0.6) is 0 Å². The summed E-state index contributed by atoms with van der Waals surface area (Å²) in [6.45, 7) is 2.54. The standard InChI is InChI=1S/C24H25F5N6O/c1-14-8-23(25,26)13-35(19(14)11-31-20-7-5-17(10-30-20)24(27,28)29)22(36)21-18(6-4-15(2)33-21)16-9-32-34(3)12-16/h4-7,9-10,12,14,19H,8,11,13H2,1-3H3,(H,30,31). The molecule has 4 heterocycles. The van der Waals surface area contributed by atoms with E-state index in [2.05, 4.69) is 20.4 Å². The highest BCUT2D eigenvalue weighted by atomic mass is 19.4. The van der Waals surface area contributed by atoms with Gasteiger partial charge in [0.15, 0.2) is 0 Å². The number of alkyl halides is 5. The van der Waals surface area contributed by atoms with E-state index in [1.807, 2.05) is 0 Å². The molecule has 192 valence electrons. The zero-order chi connectivity index (χ0) is 26.3. The van der Waals surface area contributed by atoms with Crippen molar-refractivity contribution in [1.82, 2.24) is 24.6 Å². The Morgan fingerprint density at radius 2 is 1.94 bits per heavy atom. The van der Waals surface area contributed by atoms with Crippen LogP contribution in [0.15, 0.2) is 42.9 Å². The fourth-order valence-corrected chi connectivity index (χ4v) is 4.40. The maximum absolute atomic E-state index is 14.6. The lowest BCUT2D eigenvalue weighted by Gasteiger charge is -2.43. The van der Waals surface area contributed by atoms with Crippen molar-refractivity contribution in [2.45, 2.75) is 38.4 Å². The Labute approximate surface area is 204 Å². The lowest BCUT2D eigenvalue weighted by molar-refractivity contribution is -0.137. The summed E-state index contributed by atoms with van der Waals surface area (Å²) >= 11 is 0. The molecular formula is C24H25F5N6O. The summed E-state index contributed by atoms with van der Waals surface area (Å²) in [7, 11) is 1.72. The lowest BCUT2D eigenvalue weighted by Crippen LogP contribution is -2.57. The minimum atomic E-state index is -4.52. The van der Waals surface area contributed by atoms with Crippen molar-refractivity contribution in [3.63, 3.8) is 0 Å². The molecular weight excluding hydrogens is 483 g/mol. The van der Waals surface area contributed by atoms with Crippen molar-refractivity contribution in [3.05, 3.63) is 59.8 Å². The molecule has 4 rings (SSSR count). The number of nitrogens with zero attached hydrogens (tertiary/aromatic N) is 5. The first-order valence-corrected chi connectivity index (χ1v) is 11.3. The van der Waals surface area contributed by atoms with Gasteiger partial charge in [0.1, 0.15) is 11.5 Å². The molecule has 1 aliphatic heterocycles. The second-order valence-corrected chi connectivity index (χ2v) is 9.10. The number of aromatic nitrogens is 4.